The van der Waals surface area contributed by atoms with Crippen LogP contribution in [-0.4, -0.2) is 18.9 Å². The Labute approximate surface area is 136 Å². The van der Waals surface area contributed by atoms with Gasteiger partial charge in [-0.25, -0.2) is 4.99 Å². The van der Waals surface area contributed by atoms with Gasteiger partial charge >= 0.3 is 0 Å². The Kier molecular flexibility index (Phi) is 5.74. The van der Waals surface area contributed by atoms with E-state index in [2.05, 4.69) is 34.7 Å². The first-order valence-corrected chi connectivity index (χ1v) is 7.59. The summed E-state index contributed by atoms with van der Waals surface area (Å²) in [4.78, 5) is 15.8. The van der Waals surface area contributed by atoms with Crippen molar-refractivity contribution in [3.8, 4) is 0 Å². The number of nitrogens with zero attached hydrogens (tertiary/aromatic N) is 1. The number of rotatable bonds is 5. The maximum atomic E-state index is 11.5. The summed E-state index contributed by atoms with van der Waals surface area (Å²) in [6, 6.07) is 15.4. The molecule has 2 rings (SSSR count). The van der Waals surface area contributed by atoms with E-state index in [4.69, 9.17) is 5.73 Å². The van der Waals surface area contributed by atoms with Gasteiger partial charge in [0.05, 0.1) is 6.54 Å². The summed E-state index contributed by atoms with van der Waals surface area (Å²) < 4.78 is 0. The van der Waals surface area contributed by atoms with Crippen molar-refractivity contribution in [1.82, 2.24) is 5.32 Å². The van der Waals surface area contributed by atoms with E-state index in [1.165, 1.54) is 5.56 Å². The van der Waals surface area contributed by atoms with Gasteiger partial charge in [-0.05, 0) is 41.8 Å². The topological polar surface area (TPSA) is 79.5 Å². The Hall–Kier alpha value is -2.82. The van der Waals surface area contributed by atoms with Crippen LogP contribution in [0, 0.1) is 0 Å². The van der Waals surface area contributed by atoms with Crippen molar-refractivity contribution in [2.45, 2.75) is 19.9 Å². The van der Waals surface area contributed by atoms with Gasteiger partial charge in [0, 0.05) is 18.3 Å². The van der Waals surface area contributed by atoms with Crippen molar-refractivity contribution in [3.63, 3.8) is 0 Å². The third kappa shape index (κ3) is 4.85. The first kappa shape index (κ1) is 16.5. The smallest absolute Gasteiger partial charge is 0.251 e. The van der Waals surface area contributed by atoms with Gasteiger partial charge in [0.25, 0.3) is 5.91 Å². The monoisotopic (exact) mass is 310 g/mol. The van der Waals surface area contributed by atoms with Crippen molar-refractivity contribution < 1.29 is 4.79 Å². The predicted octanol–water partition coefficient (Wildman–Crippen LogP) is 2.54. The molecule has 2 aromatic rings. The van der Waals surface area contributed by atoms with Gasteiger partial charge in [-0.2, -0.15) is 0 Å². The Bertz CT molecular complexity index is 675. The van der Waals surface area contributed by atoms with E-state index in [-0.39, 0.29) is 5.91 Å². The van der Waals surface area contributed by atoms with E-state index in [9.17, 15) is 4.79 Å². The molecule has 0 spiro atoms. The summed E-state index contributed by atoms with van der Waals surface area (Å²) in [6.07, 6.45) is 1.01. The van der Waals surface area contributed by atoms with Gasteiger partial charge in [0.15, 0.2) is 5.96 Å². The molecule has 0 saturated carbocycles. The van der Waals surface area contributed by atoms with E-state index in [0.717, 1.165) is 17.7 Å². The highest BCUT2D eigenvalue weighted by Gasteiger charge is 2.02. The van der Waals surface area contributed by atoms with Crippen molar-refractivity contribution in [3.05, 3.63) is 65.2 Å². The first-order valence-electron chi connectivity index (χ1n) is 7.59. The van der Waals surface area contributed by atoms with Crippen LogP contribution in [0.15, 0.2) is 53.5 Å². The normalized spacial score (nSPS) is 11.1. The summed E-state index contributed by atoms with van der Waals surface area (Å²) in [5, 5.41) is 5.66. The minimum Gasteiger partial charge on any atom is -0.370 e. The number of guanidine groups is 1. The highest BCUT2D eigenvalue weighted by Crippen LogP contribution is 2.10. The minimum atomic E-state index is -0.100. The van der Waals surface area contributed by atoms with Crippen molar-refractivity contribution >= 4 is 17.6 Å². The maximum Gasteiger partial charge on any atom is 0.251 e. The molecule has 0 bridgehead atoms. The van der Waals surface area contributed by atoms with Crippen LogP contribution >= 0.6 is 0 Å². The zero-order valence-corrected chi connectivity index (χ0v) is 13.5. The molecule has 0 aliphatic carbocycles. The van der Waals surface area contributed by atoms with Crippen LogP contribution in [0.3, 0.4) is 0 Å². The second-order valence-corrected chi connectivity index (χ2v) is 5.15. The molecule has 1 amide bonds. The lowest BCUT2D eigenvalue weighted by molar-refractivity contribution is 0.0963. The van der Waals surface area contributed by atoms with Gasteiger partial charge in [-0.15, -0.1) is 0 Å². The van der Waals surface area contributed by atoms with Crippen LogP contribution in [0.2, 0.25) is 0 Å². The number of hydrogen-bond acceptors (Lipinski definition) is 2. The van der Waals surface area contributed by atoms with Gasteiger partial charge in [0.1, 0.15) is 0 Å². The molecule has 5 nitrogen and oxygen atoms in total. The van der Waals surface area contributed by atoms with Crippen LogP contribution in [0.4, 0.5) is 5.69 Å². The molecule has 0 fully saturated rings. The number of anilines is 1. The van der Waals surface area contributed by atoms with Crippen LogP contribution < -0.4 is 16.4 Å². The lowest BCUT2D eigenvalue weighted by Crippen LogP contribution is -2.22. The third-order valence-electron chi connectivity index (χ3n) is 3.51. The van der Waals surface area contributed by atoms with Crippen LogP contribution in [0.5, 0.6) is 0 Å². The number of carbonyl (C=O) groups is 1. The molecule has 0 heterocycles. The molecule has 0 aromatic heterocycles. The quantitative estimate of drug-likeness (QED) is 0.586. The van der Waals surface area contributed by atoms with E-state index in [0.29, 0.717) is 18.1 Å². The standard InChI is InChI=1S/C18H22N4O/c1-3-13-6-10-16(11-7-13)22-18(19)21-12-14-4-8-15(9-5-14)17(23)20-2/h4-11H,3,12H2,1-2H3,(H,20,23)(H3,19,21,22). The number of aliphatic imine (C=N–C) groups is 1. The first-order chi connectivity index (χ1) is 11.1. The summed E-state index contributed by atoms with van der Waals surface area (Å²) in [5.74, 6) is 0.265. The predicted molar refractivity (Wildman–Crippen MR) is 94.6 cm³/mol. The number of aryl methyl sites for hydroxylation is 1. The second kappa shape index (κ2) is 7.98. The second-order valence-electron chi connectivity index (χ2n) is 5.15. The number of nitrogens with two attached hydrogens (primary N) is 1. The number of nitrogens with one attached hydrogen (secondary N) is 2. The molecule has 0 aliphatic heterocycles. The van der Waals surface area contributed by atoms with Crippen LogP contribution in [-0.2, 0) is 13.0 Å². The SMILES string of the molecule is CCc1ccc(NC(N)=NCc2ccc(C(=O)NC)cc2)cc1. The summed E-state index contributed by atoms with van der Waals surface area (Å²) in [7, 11) is 1.61. The number of carbonyl (C=O) groups excluding carboxylic acids is 1. The molecular formula is C18H22N4O. The molecule has 0 radical (unpaired) electrons. The molecule has 23 heavy (non-hydrogen) atoms. The maximum absolute atomic E-state index is 11.5. The lowest BCUT2D eigenvalue weighted by Gasteiger charge is -2.07. The fourth-order valence-electron chi connectivity index (χ4n) is 2.09. The lowest BCUT2D eigenvalue weighted by atomic mass is 10.1. The molecule has 0 saturated heterocycles. The number of benzene rings is 2. The molecule has 5 heteroatoms. The van der Waals surface area contributed by atoms with Crippen LogP contribution in [0.25, 0.3) is 0 Å². The van der Waals surface area contributed by atoms with E-state index < -0.39 is 0 Å². The highest BCUT2D eigenvalue weighted by atomic mass is 16.1. The van der Waals surface area contributed by atoms with Gasteiger partial charge < -0.3 is 16.4 Å². The van der Waals surface area contributed by atoms with E-state index in [1.807, 2.05) is 24.3 Å². The fourth-order valence-corrected chi connectivity index (χ4v) is 2.09. The molecule has 0 atom stereocenters. The summed E-state index contributed by atoms with van der Waals surface area (Å²) in [6.45, 7) is 2.58. The molecule has 120 valence electrons. The number of hydrogen-bond donors (Lipinski definition) is 3. The van der Waals surface area contributed by atoms with Crippen molar-refractivity contribution in [2.75, 3.05) is 12.4 Å². The Morgan fingerprint density at radius 1 is 1.04 bits per heavy atom. The third-order valence-corrected chi connectivity index (χ3v) is 3.51. The highest BCUT2D eigenvalue weighted by molar-refractivity contribution is 5.94. The largest absolute Gasteiger partial charge is 0.370 e. The average molecular weight is 310 g/mol. The fraction of sp³-hybridized carbons (Fsp3) is 0.222. The number of amides is 1. The zero-order chi connectivity index (χ0) is 16.7. The average Bonchev–Trinajstić information content (AvgIpc) is 2.60. The van der Waals surface area contributed by atoms with Crippen molar-refractivity contribution in [2.24, 2.45) is 10.7 Å². The van der Waals surface area contributed by atoms with Crippen LogP contribution in [0.1, 0.15) is 28.4 Å². The molecule has 0 unspecified atom stereocenters. The van der Waals surface area contributed by atoms with Crippen molar-refractivity contribution in [1.29, 1.82) is 0 Å². The van der Waals surface area contributed by atoms with E-state index in [1.54, 1.807) is 19.2 Å². The minimum absolute atomic E-state index is 0.100. The Morgan fingerprint density at radius 2 is 1.65 bits per heavy atom. The molecule has 2 aromatic carbocycles. The Balaban J connectivity index is 1.94. The van der Waals surface area contributed by atoms with Gasteiger partial charge in [0.2, 0.25) is 0 Å². The van der Waals surface area contributed by atoms with E-state index >= 15 is 0 Å². The molecule has 0 aliphatic rings. The summed E-state index contributed by atoms with van der Waals surface area (Å²) in [5.41, 5.74) is 9.71. The molecule has 4 N–H and O–H groups in total. The summed E-state index contributed by atoms with van der Waals surface area (Å²) >= 11 is 0. The van der Waals surface area contributed by atoms with Gasteiger partial charge in [-0.1, -0.05) is 31.2 Å². The zero-order valence-electron chi connectivity index (χ0n) is 13.5. The van der Waals surface area contributed by atoms with Gasteiger partial charge in [-0.3, -0.25) is 4.79 Å². The molecular weight excluding hydrogens is 288 g/mol. The Morgan fingerprint density at radius 3 is 2.22 bits per heavy atom.